The fourth-order valence-corrected chi connectivity index (χ4v) is 12.4. The number of fused-ring (bicyclic) bond motifs is 7. The summed E-state index contributed by atoms with van der Waals surface area (Å²) >= 11 is 0. The highest BCUT2D eigenvalue weighted by Crippen LogP contribution is 2.77. The fourth-order valence-electron chi connectivity index (χ4n) is 12.4. The van der Waals surface area contributed by atoms with Crippen LogP contribution < -0.4 is 4.74 Å². The van der Waals surface area contributed by atoms with Crippen molar-refractivity contribution in [2.75, 3.05) is 7.11 Å². The van der Waals surface area contributed by atoms with Gasteiger partial charge in [0.2, 0.25) is 0 Å². The van der Waals surface area contributed by atoms with Crippen LogP contribution in [0.25, 0.3) is 6.08 Å². The van der Waals surface area contributed by atoms with Crippen LogP contribution in [0.3, 0.4) is 0 Å². The number of methoxy groups -OCH3 is 1. The quantitative estimate of drug-likeness (QED) is 0.281. The summed E-state index contributed by atoms with van der Waals surface area (Å²) in [6.45, 7) is 22.0. The minimum atomic E-state index is -0.327. The van der Waals surface area contributed by atoms with Gasteiger partial charge in [-0.05, 0) is 145 Å². The van der Waals surface area contributed by atoms with Crippen LogP contribution >= 0.6 is 0 Å². The highest BCUT2D eigenvalue weighted by molar-refractivity contribution is 6.04. The molecule has 2 nitrogen and oxygen atoms in total. The van der Waals surface area contributed by atoms with Gasteiger partial charge in [0.25, 0.3) is 0 Å². The molecular formula is C38H54O2. The lowest BCUT2D eigenvalue weighted by molar-refractivity contribution is -0.228. The van der Waals surface area contributed by atoms with E-state index in [9.17, 15) is 4.79 Å². The third-order valence-corrected chi connectivity index (χ3v) is 14.5. The van der Waals surface area contributed by atoms with Crippen molar-refractivity contribution in [2.24, 2.45) is 56.7 Å². The van der Waals surface area contributed by atoms with Crippen LogP contribution in [0.15, 0.2) is 42.0 Å². The monoisotopic (exact) mass is 542 g/mol. The van der Waals surface area contributed by atoms with Gasteiger partial charge in [-0.3, -0.25) is 4.79 Å². The fraction of sp³-hybridized carbons (Fsp3) is 0.711. The van der Waals surface area contributed by atoms with E-state index >= 15 is 0 Å². The van der Waals surface area contributed by atoms with Gasteiger partial charge >= 0.3 is 0 Å². The Labute approximate surface area is 244 Å². The van der Waals surface area contributed by atoms with E-state index in [2.05, 4.69) is 73.3 Å². The molecule has 0 unspecified atom stereocenters. The number of ether oxygens (including phenoxy) is 1. The zero-order chi connectivity index (χ0) is 28.9. The van der Waals surface area contributed by atoms with Crippen LogP contribution in [0.4, 0.5) is 0 Å². The Hall–Kier alpha value is -1.83. The lowest BCUT2D eigenvalue weighted by Crippen LogP contribution is -2.66. The highest BCUT2D eigenvalue weighted by atomic mass is 16.5. The average Bonchev–Trinajstić information content (AvgIpc) is 3.26. The maximum absolute atomic E-state index is 14.1. The molecule has 0 N–H and O–H groups in total. The molecule has 5 aliphatic rings. The van der Waals surface area contributed by atoms with Gasteiger partial charge in [0.05, 0.1) is 7.11 Å². The molecule has 0 aliphatic heterocycles. The van der Waals surface area contributed by atoms with Crippen molar-refractivity contribution in [3.05, 3.63) is 47.6 Å². The molecule has 0 radical (unpaired) electrons. The van der Waals surface area contributed by atoms with Crippen molar-refractivity contribution in [1.29, 1.82) is 0 Å². The summed E-state index contributed by atoms with van der Waals surface area (Å²) < 4.78 is 5.38. The number of rotatable bonds is 3. The number of benzene rings is 1. The van der Waals surface area contributed by atoms with Gasteiger partial charge in [-0.25, -0.2) is 0 Å². The van der Waals surface area contributed by atoms with E-state index in [0.717, 1.165) is 35.1 Å². The molecule has 0 aromatic heterocycles. The number of hydrogen-bond acceptors (Lipinski definition) is 2. The lowest BCUT2D eigenvalue weighted by atomic mass is 9.32. The van der Waals surface area contributed by atoms with Gasteiger partial charge < -0.3 is 4.74 Å². The van der Waals surface area contributed by atoms with Crippen molar-refractivity contribution in [2.45, 2.75) is 106 Å². The molecule has 1 aromatic rings. The molecule has 0 bridgehead atoms. The first-order valence-electron chi connectivity index (χ1n) is 16.3. The van der Waals surface area contributed by atoms with E-state index < -0.39 is 0 Å². The first kappa shape index (κ1) is 28.3. The number of Topliss-reactive ketones (excluding diaryl/α,β-unsaturated/α-hetero) is 1. The predicted molar refractivity (Wildman–Crippen MR) is 166 cm³/mol. The SMILES string of the molecule is C=C(C)[C@@H]1CC[C@]2(C)CC[C@]3(C)[C@H](CC[C@@H]4[C@@]5(C)C/C(=C/c6ccc(OC)cc6)C(=O)C(C)(C)[C@@H]5CC[C@]43C)[C@@H]12. The maximum atomic E-state index is 14.1. The third kappa shape index (κ3) is 3.69. The summed E-state index contributed by atoms with van der Waals surface area (Å²) in [7, 11) is 1.70. The van der Waals surface area contributed by atoms with Crippen LogP contribution in [0, 0.1) is 56.7 Å². The molecule has 9 atom stereocenters. The summed E-state index contributed by atoms with van der Waals surface area (Å²) in [6.07, 6.45) is 13.7. The molecule has 0 saturated heterocycles. The number of carbonyl (C=O) groups is 1. The van der Waals surface area contributed by atoms with E-state index in [0.29, 0.717) is 39.8 Å². The number of ketones is 1. The van der Waals surface area contributed by atoms with E-state index in [1.54, 1.807) is 7.11 Å². The van der Waals surface area contributed by atoms with E-state index in [4.69, 9.17) is 4.74 Å². The second-order valence-corrected chi connectivity index (χ2v) is 16.5. The van der Waals surface area contributed by atoms with Crippen LogP contribution in [0.5, 0.6) is 5.75 Å². The Bertz CT molecular complexity index is 1240. The second kappa shape index (κ2) is 9.08. The summed E-state index contributed by atoms with van der Waals surface area (Å²) in [5.41, 5.74) is 4.55. The maximum Gasteiger partial charge on any atom is 0.164 e. The van der Waals surface area contributed by atoms with E-state index in [1.165, 1.54) is 56.9 Å². The normalized spacial score (nSPS) is 46.6. The Kier molecular flexibility index (Phi) is 6.43. The molecule has 0 heterocycles. The molecule has 5 aliphatic carbocycles. The minimum absolute atomic E-state index is 0.140. The Morgan fingerprint density at radius 1 is 0.875 bits per heavy atom. The molecule has 218 valence electrons. The molecule has 5 saturated carbocycles. The van der Waals surface area contributed by atoms with Gasteiger partial charge in [0.1, 0.15) is 5.75 Å². The molecule has 6 rings (SSSR count). The third-order valence-electron chi connectivity index (χ3n) is 14.5. The Morgan fingerprint density at radius 3 is 2.23 bits per heavy atom. The summed E-state index contributed by atoms with van der Waals surface area (Å²) in [6, 6.07) is 8.20. The molecule has 40 heavy (non-hydrogen) atoms. The van der Waals surface area contributed by atoms with Crippen molar-refractivity contribution in [3.63, 3.8) is 0 Å². The first-order chi connectivity index (χ1) is 18.7. The zero-order valence-electron chi connectivity index (χ0n) is 26.7. The Balaban J connectivity index is 1.39. The molecule has 5 fully saturated rings. The largest absolute Gasteiger partial charge is 0.497 e. The van der Waals surface area contributed by atoms with Gasteiger partial charge in [0.15, 0.2) is 5.78 Å². The van der Waals surface area contributed by atoms with Crippen molar-refractivity contribution in [3.8, 4) is 5.75 Å². The standard InChI is InChI=1S/C38H54O2/c1-24(2)28-16-18-35(5)20-21-37(7)29(32(28)35)14-15-31-36(6)23-26(22-25-10-12-27(40-9)13-11-25)33(39)34(3,4)30(36)17-19-38(31,37)8/h10-13,22,28-32H,1,14-21,23H2,2-9H3/b26-22-/t28-,29+,30-,31+,32+,35+,36-,37+,38+/m0/s1. The predicted octanol–water partition coefficient (Wildman–Crippen LogP) is 9.94. The van der Waals surface area contributed by atoms with Crippen LogP contribution in [0.1, 0.15) is 112 Å². The summed E-state index contributed by atoms with van der Waals surface area (Å²) in [5.74, 6) is 4.62. The van der Waals surface area contributed by atoms with Crippen molar-refractivity contribution >= 4 is 11.9 Å². The van der Waals surface area contributed by atoms with Crippen LogP contribution in [-0.4, -0.2) is 12.9 Å². The van der Waals surface area contributed by atoms with Gasteiger partial charge in [-0.1, -0.05) is 65.8 Å². The van der Waals surface area contributed by atoms with Gasteiger partial charge in [-0.2, -0.15) is 0 Å². The number of hydrogen-bond donors (Lipinski definition) is 0. The zero-order valence-corrected chi connectivity index (χ0v) is 26.7. The second-order valence-electron chi connectivity index (χ2n) is 16.5. The molecule has 0 spiro atoms. The van der Waals surface area contributed by atoms with Crippen LogP contribution in [-0.2, 0) is 4.79 Å². The van der Waals surface area contributed by atoms with E-state index in [-0.39, 0.29) is 10.8 Å². The van der Waals surface area contributed by atoms with Crippen molar-refractivity contribution in [1.82, 2.24) is 0 Å². The van der Waals surface area contributed by atoms with E-state index in [1.807, 2.05) is 12.1 Å². The van der Waals surface area contributed by atoms with Gasteiger partial charge in [0, 0.05) is 5.41 Å². The minimum Gasteiger partial charge on any atom is -0.497 e. The first-order valence-corrected chi connectivity index (χ1v) is 16.3. The smallest absolute Gasteiger partial charge is 0.164 e. The average molecular weight is 543 g/mol. The molecule has 0 amide bonds. The topological polar surface area (TPSA) is 26.3 Å². The Morgan fingerprint density at radius 2 is 1.57 bits per heavy atom. The van der Waals surface area contributed by atoms with Crippen molar-refractivity contribution < 1.29 is 9.53 Å². The van der Waals surface area contributed by atoms with Gasteiger partial charge in [-0.15, -0.1) is 0 Å². The lowest BCUT2D eigenvalue weighted by Gasteiger charge is -2.72. The molecule has 2 heteroatoms. The highest BCUT2D eigenvalue weighted by Gasteiger charge is 2.70. The number of allylic oxidation sites excluding steroid dienone is 2. The summed E-state index contributed by atoms with van der Waals surface area (Å²) in [4.78, 5) is 14.1. The van der Waals surface area contributed by atoms with Crippen LogP contribution in [0.2, 0.25) is 0 Å². The molecular weight excluding hydrogens is 488 g/mol. The number of carbonyl (C=O) groups excluding carboxylic acids is 1. The summed E-state index contributed by atoms with van der Waals surface area (Å²) in [5, 5.41) is 0. The molecule has 1 aromatic carbocycles.